The molecule has 78 valence electrons. The number of aliphatic hydroxyl groups is 1. The van der Waals surface area contributed by atoms with Crippen molar-refractivity contribution in [3.8, 4) is 0 Å². The molecule has 1 heterocycles. The van der Waals surface area contributed by atoms with Crippen LogP contribution in [0.15, 0.2) is 12.5 Å². The maximum Gasteiger partial charge on any atom is 0.153 e. The fraction of sp³-hybridized carbons (Fsp3) is 0.556. The first-order chi connectivity index (χ1) is 6.61. The largest absolute Gasteiger partial charge is 0.394 e. The summed E-state index contributed by atoms with van der Waals surface area (Å²) in [5, 5.41) is 12.3. The summed E-state index contributed by atoms with van der Waals surface area (Å²) in [6, 6.07) is 0. The van der Waals surface area contributed by atoms with Crippen LogP contribution in [0, 0.1) is 0 Å². The molecule has 0 amide bonds. The molecule has 1 aromatic rings. The normalized spacial score (nSPS) is 14.8. The molecule has 5 heteroatoms. The van der Waals surface area contributed by atoms with E-state index in [-0.39, 0.29) is 12.1 Å². The molecule has 0 saturated heterocycles. The zero-order valence-electron chi connectivity index (χ0n) is 8.49. The van der Waals surface area contributed by atoms with Crippen molar-refractivity contribution in [2.75, 3.05) is 17.7 Å². The van der Waals surface area contributed by atoms with Crippen molar-refractivity contribution in [1.82, 2.24) is 9.97 Å². The minimum Gasteiger partial charge on any atom is -0.394 e. The number of hydrogen-bond acceptors (Lipinski definition) is 5. The second kappa shape index (κ2) is 4.23. The van der Waals surface area contributed by atoms with Crippen molar-refractivity contribution < 1.29 is 5.11 Å². The standard InChI is InChI=1S/C9H16N4O/c1-3-9(2,5-14)13-8-7(10)4-11-6-12-8/h4,6,14H,3,5,10H2,1-2H3,(H,11,12,13). The molecule has 1 rings (SSSR count). The van der Waals surface area contributed by atoms with Crippen LogP contribution >= 0.6 is 0 Å². The van der Waals surface area contributed by atoms with Crippen LogP contribution in [0.4, 0.5) is 11.5 Å². The van der Waals surface area contributed by atoms with Gasteiger partial charge in [0, 0.05) is 0 Å². The molecule has 0 saturated carbocycles. The van der Waals surface area contributed by atoms with E-state index in [1.807, 2.05) is 13.8 Å². The first kappa shape index (κ1) is 10.7. The van der Waals surface area contributed by atoms with Gasteiger partial charge in [-0.1, -0.05) is 6.92 Å². The van der Waals surface area contributed by atoms with E-state index in [1.165, 1.54) is 12.5 Å². The Bertz CT molecular complexity index is 299. The molecule has 0 aliphatic heterocycles. The smallest absolute Gasteiger partial charge is 0.153 e. The highest BCUT2D eigenvalue weighted by Crippen LogP contribution is 2.19. The molecule has 4 N–H and O–H groups in total. The second-order valence-electron chi connectivity index (χ2n) is 3.52. The van der Waals surface area contributed by atoms with E-state index < -0.39 is 0 Å². The van der Waals surface area contributed by atoms with Crippen LogP contribution in [0.5, 0.6) is 0 Å². The van der Waals surface area contributed by atoms with Crippen molar-refractivity contribution in [2.45, 2.75) is 25.8 Å². The summed E-state index contributed by atoms with van der Waals surface area (Å²) >= 11 is 0. The summed E-state index contributed by atoms with van der Waals surface area (Å²) in [6.45, 7) is 3.93. The number of aliphatic hydroxyl groups excluding tert-OH is 1. The SMILES string of the molecule is CCC(C)(CO)Nc1ncncc1N. The number of nitrogens with one attached hydrogen (secondary N) is 1. The summed E-state index contributed by atoms with van der Waals surface area (Å²) in [7, 11) is 0. The van der Waals surface area contributed by atoms with Crippen LogP contribution in [0.25, 0.3) is 0 Å². The lowest BCUT2D eigenvalue weighted by Crippen LogP contribution is -2.38. The number of aromatic nitrogens is 2. The highest BCUT2D eigenvalue weighted by atomic mass is 16.3. The maximum absolute atomic E-state index is 9.19. The number of nitrogen functional groups attached to an aromatic ring is 1. The molecular formula is C9H16N4O. The van der Waals surface area contributed by atoms with Crippen molar-refractivity contribution >= 4 is 11.5 Å². The summed E-state index contributed by atoms with van der Waals surface area (Å²) in [6.07, 6.45) is 3.74. The second-order valence-corrected chi connectivity index (χ2v) is 3.52. The molecule has 0 aromatic carbocycles. The van der Waals surface area contributed by atoms with Crippen LogP contribution in [-0.4, -0.2) is 27.2 Å². The first-order valence-electron chi connectivity index (χ1n) is 4.56. The van der Waals surface area contributed by atoms with E-state index >= 15 is 0 Å². The topological polar surface area (TPSA) is 84.1 Å². The van der Waals surface area contributed by atoms with Gasteiger partial charge < -0.3 is 16.2 Å². The molecule has 0 spiro atoms. The van der Waals surface area contributed by atoms with Crippen LogP contribution in [-0.2, 0) is 0 Å². The molecule has 0 aliphatic rings. The van der Waals surface area contributed by atoms with Crippen molar-refractivity contribution in [1.29, 1.82) is 0 Å². The fourth-order valence-corrected chi connectivity index (χ4v) is 0.970. The van der Waals surface area contributed by atoms with Crippen LogP contribution < -0.4 is 11.1 Å². The molecule has 14 heavy (non-hydrogen) atoms. The highest BCUT2D eigenvalue weighted by Gasteiger charge is 2.21. The predicted octanol–water partition coefficient (Wildman–Crippen LogP) is 0.632. The van der Waals surface area contributed by atoms with Crippen LogP contribution in [0.2, 0.25) is 0 Å². The van der Waals surface area contributed by atoms with Gasteiger partial charge in [-0.3, -0.25) is 0 Å². The Labute approximate surface area is 83.4 Å². The minimum absolute atomic E-state index is 0.0347. The van der Waals surface area contributed by atoms with Gasteiger partial charge in [-0.25, -0.2) is 9.97 Å². The fourth-order valence-electron chi connectivity index (χ4n) is 0.970. The predicted molar refractivity (Wildman–Crippen MR) is 55.8 cm³/mol. The highest BCUT2D eigenvalue weighted by molar-refractivity contribution is 5.60. The number of hydrogen-bond donors (Lipinski definition) is 3. The average Bonchev–Trinajstić information content (AvgIpc) is 2.21. The van der Waals surface area contributed by atoms with Gasteiger partial charge in [0.2, 0.25) is 0 Å². The van der Waals surface area contributed by atoms with Crippen molar-refractivity contribution in [2.24, 2.45) is 0 Å². The lowest BCUT2D eigenvalue weighted by molar-refractivity contribution is 0.218. The lowest BCUT2D eigenvalue weighted by atomic mass is 10.0. The van der Waals surface area contributed by atoms with E-state index in [4.69, 9.17) is 5.73 Å². The molecule has 0 aliphatic carbocycles. The van der Waals surface area contributed by atoms with Gasteiger partial charge in [-0.05, 0) is 13.3 Å². The van der Waals surface area contributed by atoms with Crippen molar-refractivity contribution in [3.63, 3.8) is 0 Å². The van der Waals surface area contributed by atoms with E-state index in [2.05, 4.69) is 15.3 Å². The Hall–Kier alpha value is -1.36. The summed E-state index contributed by atoms with van der Waals surface area (Å²) < 4.78 is 0. The van der Waals surface area contributed by atoms with Crippen LogP contribution in [0.1, 0.15) is 20.3 Å². The molecular weight excluding hydrogens is 180 g/mol. The summed E-state index contributed by atoms with van der Waals surface area (Å²) in [5.41, 5.74) is 5.77. The van der Waals surface area contributed by atoms with Gasteiger partial charge in [0.25, 0.3) is 0 Å². The first-order valence-corrected chi connectivity index (χ1v) is 4.56. The average molecular weight is 196 g/mol. The third-order valence-corrected chi connectivity index (χ3v) is 2.29. The molecule has 0 radical (unpaired) electrons. The van der Waals surface area contributed by atoms with Crippen molar-refractivity contribution in [3.05, 3.63) is 12.5 Å². The zero-order chi connectivity index (χ0) is 10.6. The Morgan fingerprint density at radius 1 is 1.64 bits per heavy atom. The van der Waals surface area contributed by atoms with Gasteiger partial charge in [0.05, 0.1) is 24.0 Å². The third-order valence-electron chi connectivity index (χ3n) is 2.29. The minimum atomic E-state index is -0.386. The van der Waals surface area contributed by atoms with Gasteiger partial charge in [-0.15, -0.1) is 0 Å². The summed E-state index contributed by atoms with van der Waals surface area (Å²) in [4.78, 5) is 7.79. The van der Waals surface area contributed by atoms with Gasteiger partial charge in [0.1, 0.15) is 6.33 Å². The Balaban J connectivity index is 2.82. The quantitative estimate of drug-likeness (QED) is 0.657. The van der Waals surface area contributed by atoms with E-state index in [1.54, 1.807) is 0 Å². The van der Waals surface area contributed by atoms with E-state index in [0.717, 1.165) is 6.42 Å². The Morgan fingerprint density at radius 2 is 2.36 bits per heavy atom. The number of nitrogens with two attached hydrogens (primary N) is 1. The zero-order valence-corrected chi connectivity index (χ0v) is 8.49. The molecule has 0 fully saturated rings. The third kappa shape index (κ3) is 2.32. The molecule has 0 bridgehead atoms. The lowest BCUT2D eigenvalue weighted by Gasteiger charge is -2.28. The molecule has 1 aromatic heterocycles. The number of nitrogens with zero attached hydrogens (tertiary/aromatic N) is 2. The Morgan fingerprint density at radius 3 is 2.86 bits per heavy atom. The van der Waals surface area contributed by atoms with Gasteiger partial charge >= 0.3 is 0 Å². The number of anilines is 2. The van der Waals surface area contributed by atoms with Gasteiger partial charge in [-0.2, -0.15) is 0 Å². The number of rotatable bonds is 4. The molecule has 1 unspecified atom stereocenters. The molecule has 1 atom stereocenters. The van der Waals surface area contributed by atoms with Gasteiger partial charge in [0.15, 0.2) is 5.82 Å². The van der Waals surface area contributed by atoms with E-state index in [9.17, 15) is 5.11 Å². The monoisotopic (exact) mass is 196 g/mol. The Kier molecular flexibility index (Phi) is 3.24. The van der Waals surface area contributed by atoms with E-state index in [0.29, 0.717) is 11.5 Å². The maximum atomic E-state index is 9.19. The van der Waals surface area contributed by atoms with Crippen LogP contribution in [0.3, 0.4) is 0 Å². The summed E-state index contributed by atoms with van der Waals surface area (Å²) in [5.74, 6) is 0.568. The molecule has 5 nitrogen and oxygen atoms in total.